The Hall–Kier alpha value is -1.02. The number of hydrogen-bond acceptors (Lipinski definition) is 2. The fourth-order valence-electron chi connectivity index (χ4n) is 3.73. The van der Waals surface area contributed by atoms with Crippen molar-refractivity contribution in [2.45, 2.75) is 57.6 Å². The minimum Gasteiger partial charge on any atom is -0.488 e. The first kappa shape index (κ1) is 13.0. The summed E-state index contributed by atoms with van der Waals surface area (Å²) in [6, 6.07) is 9.19. The Labute approximate surface area is 116 Å². The summed E-state index contributed by atoms with van der Waals surface area (Å²) in [5.41, 5.74) is 1.76. The summed E-state index contributed by atoms with van der Waals surface area (Å²) in [5, 5.41) is 3.60. The van der Waals surface area contributed by atoms with Crippen LogP contribution in [0, 0.1) is 5.92 Å². The first-order valence-corrected chi connectivity index (χ1v) is 7.45. The summed E-state index contributed by atoms with van der Waals surface area (Å²) in [7, 11) is 0. The van der Waals surface area contributed by atoms with E-state index in [1.54, 1.807) is 0 Å². The van der Waals surface area contributed by atoms with Gasteiger partial charge in [0.1, 0.15) is 11.4 Å². The van der Waals surface area contributed by atoms with Gasteiger partial charge in [-0.2, -0.15) is 0 Å². The van der Waals surface area contributed by atoms with E-state index in [1.807, 2.05) is 0 Å². The predicted molar refractivity (Wildman–Crippen MR) is 78.7 cm³/mol. The van der Waals surface area contributed by atoms with Crippen LogP contribution in [0.5, 0.6) is 5.75 Å². The number of para-hydroxylation sites is 1. The molecule has 1 saturated carbocycles. The number of benzene rings is 1. The Kier molecular flexibility index (Phi) is 2.90. The second-order valence-corrected chi connectivity index (χ2v) is 7.15. The SMILES string of the molecule is CC(C)NCC1CC12CC(C)(C)Oc1ccccc12. The minimum atomic E-state index is -0.0407. The maximum Gasteiger partial charge on any atom is 0.123 e. The average Bonchev–Trinajstić information content (AvgIpc) is 2.98. The van der Waals surface area contributed by atoms with Gasteiger partial charge in [-0.05, 0) is 45.2 Å². The van der Waals surface area contributed by atoms with E-state index in [-0.39, 0.29) is 5.60 Å². The van der Waals surface area contributed by atoms with Gasteiger partial charge < -0.3 is 10.1 Å². The van der Waals surface area contributed by atoms with Gasteiger partial charge in [0.05, 0.1) is 0 Å². The Morgan fingerprint density at radius 3 is 2.79 bits per heavy atom. The average molecular weight is 259 g/mol. The molecule has 0 bridgehead atoms. The molecule has 0 amide bonds. The van der Waals surface area contributed by atoms with Crippen molar-refractivity contribution in [1.82, 2.24) is 5.32 Å². The molecule has 1 N–H and O–H groups in total. The first-order chi connectivity index (χ1) is 8.93. The highest BCUT2D eigenvalue weighted by molar-refractivity contribution is 5.47. The zero-order valence-corrected chi connectivity index (χ0v) is 12.5. The van der Waals surface area contributed by atoms with E-state index in [2.05, 4.69) is 57.3 Å². The van der Waals surface area contributed by atoms with Crippen molar-refractivity contribution in [3.63, 3.8) is 0 Å². The molecule has 1 fully saturated rings. The van der Waals surface area contributed by atoms with Gasteiger partial charge in [-0.25, -0.2) is 0 Å². The second kappa shape index (κ2) is 4.24. The molecule has 19 heavy (non-hydrogen) atoms. The lowest BCUT2D eigenvalue weighted by Gasteiger charge is -2.39. The molecule has 2 unspecified atom stereocenters. The van der Waals surface area contributed by atoms with Crippen molar-refractivity contribution in [3.8, 4) is 5.75 Å². The lowest BCUT2D eigenvalue weighted by molar-refractivity contribution is 0.0637. The van der Waals surface area contributed by atoms with Gasteiger partial charge in [-0.15, -0.1) is 0 Å². The molecule has 2 aliphatic rings. The van der Waals surface area contributed by atoms with Crippen molar-refractivity contribution < 1.29 is 4.74 Å². The third kappa shape index (κ3) is 2.27. The van der Waals surface area contributed by atoms with E-state index >= 15 is 0 Å². The molecule has 0 saturated heterocycles. The zero-order chi connectivity index (χ0) is 13.7. The van der Waals surface area contributed by atoms with Gasteiger partial charge in [0.25, 0.3) is 0 Å². The monoisotopic (exact) mass is 259 g/mol. The molecule has 104 valence electrons. The van der Waals surface area contributed by atoms with Crippen LogP contribution in [0.15, 0.2) is 24.3 Å². The van der Waals surface area contributed by atoms with Crippen molar-refractivity contribution >= 4 is 0 Å². The zero-order valence-electron chi connectivity index (χ0n) is 12.5. The highest BCUT2D eigenvalue weighted by Crippen LogP contribution is 2.63. The van der Waals surface area contributed by atoms with E-state index in [0.717, 1.165) is 24.6 Å². The summed E-state index contributed by atoms with van der Waals surface area (Å²) in [4.78, 5) is 0. The van der Waals surface area contributed by atoms with Gasteiger partial charge in [-0.1, -0.05) is 32.0 Å². The molecule has 2 heteroatoms. The lowest BCUT2D eigenvalue weighted by atomic mass is 9.80. The van der Waals surface area contributed by atoms with Crippen LogP contribution < -0.4 is 10.1 Å². The largest absolute Gasteiger partial charge is 0.488 e. The third-order valence-corrected chi connectivity index (χ3v) is 4.56. The number of nitrogens with one attached hydrogen (secondary N) is 1. The molecule has 1 heterocycles. The molecule has 2 atom stereocenters. The van der Waals surface area contributed by atoms with Gasteiger partial charge in [0, 0.05) is 17.0 Å². The molecular weight excluding hydrogens is 234 g/mol. The second-order valence-electron chi connectivity index (χ2n) is 7.15. The molecule has 2 nitrogen and oxygen atoms in total. The Balaban J connectivity index is 1.86. The van der Waals surface area contributed by atoms with Gasteiger partial charge in [-0.3, -0.25) is 0 Å². The van der Waals surface area contributed by atoms with E-state index < -0.39 is 0 Å². The Bertz CT molecular complexity index is 480. The summed E-state index contributed by atoms with van der Waals surface area (Å²) >= 11 is 0. The maximum atomic E-state index is 6.15. The minimum absolute atomic E-state index is 0.0407. The smallest absolute Gasteiger partial charge is 0.123 e. The quantitative estimate of drug-likeness (QED) is 0.897. The Morgan fingerprint density at radius 2 is 2.05 bits per heavy atom. The standard InChI is InChI=1S/C17H25NO/c1-12(2)18-10-13-9-17(13)11-16(3,4)19-15-8-6-5-7-14(15)17/h5-8,12-13,18H,9-11H2,1-4H3. The third-order valence-electron chi connectivity index (χ3n) is 4.56. The van der Waals surface area contributed by atoms with Crippen LogP contribution in [-0.4, -0.2) is 18.2 Å². The summed E-state index contributed by atoms with van der Waals surface area (Å²) in [6.07, 6.45) is 2.44. The van der Waals surface area contributed by atoms with Gasteiger partial charge in [0.2, 0.25) is 0 Å². The van der Waals surface area contributed by atoms with Crippen LogP contribution in [0.1, 0.15) is 46.1 Å². The van der Waals surface area contributed by atoms with Crippen LogP contribution in [0.4, 0.5) is 0 Å². The molecule has 3 rings (SSSR count). The number of ether oxygens (including phenoxy) is 1. The van der Waals surface area contributed by atoms with Crippen LogP contribution in [0.25, 0.3) is 0 Å². The van der Waals surface area contributed by atoms with E-state index in [1.165, 1.54) is 12.0 Å². The van der Waals surface area contributed by atoms with Crippen LogP contribution in [0.3, 0.4) is 0 Å². The topological polar surface area (TPSA) is 21.3 Å². The van der Waals surface area contributed by atoms with Gasteiger partial charge >= 0.3 is 0 Å². The van der Waals surface area contributed by atoms with E-state index in [4.69, 9.17) is 4.74 Å². The lowest BCUT2D eigenvalue weighted by Crippen LogP contribution is -2.40. The van der Waals surface area contributed by atoms with Crippen LogP contribution in [0.2, 0.25) is 0 Å². The maximum absolute atomic E-state index is 6.15. The molecule has 1 aromatic carbocycles. The van der Waals surface area contributed by atoms with E-state index in [0.29, 0.717) is 11.5 Å². The highest BCUT2D eigenvalue weighted by Gasteiger charge is 2.60. The summed E-state index contributed by atoms with van der Waals surface area (Å²) in [5.74, 6) is 1.87. The fourth-order valence-corrected chi connectivity index (χ4v) is 3.73. The number of rotatable bonds is 3. The van der Waals surface area contributed by atoms with Crippen molar-refractivity contribution in [3.05, 3.63) is 29.8 Å². The van der Waals surface area contributed by atoms with E-state index in [9.17, 15) is 0 Å². The predicted octanol–water partition coefficient (Wildman–Crippen LogP) is 3.50. The molecule has 0 radical (unpaired) electrons. The molecule has 1 spiro atoms. The first-order valence-electron chi connectivity index (χ1n) is 7.45. The number of fused-ring (bicyclic) bond motifs is 2. The number of hydrogen-bond donors (Lipinski definition) is 1. The highest BCUT2D eigenvalue weighted by atomic mass is 16.5. The van der Waals surface area contributed by atoms with Crippen molar-refractivity contribution in [2.24, 2.45) is 5.92 Å². The molecule has 1 aliphatic carbocycles. The molecule has 1 aliphatic heterocycles. The molecule has 1 aromatic rings. The van der Waals surface area contributed by atoms with Crippen LogP contribution in [-0.2, 0) is 5.41 Å². The van der Waals surface area contributed by atoms with Crippen molar-refractivity contribution in [2.75, 3.05) is 6.54 Å². The Morgan fingerprint density at radius 1 is 1.32 bits per heavy atom. The summed E-state index contributed by atoms with van der Waals surface area (Å²) < 4.78 is 6.15. The molecular formula is C17H25NO. The normalized spacial score (nSPS) is 31.1. The van der Waals surface area contributed by atoms with Crippen LogP contribution >= 0.6 is 0 Å². The van der Waals surface area contributed by atoms with Crippen molar-refractivity contribution in [1.29, 1.82) is 0 Å². The fraction of sp³-hybridized carbons (Fsp3) is 0.647. The molecule has 0 aromatic heterocycles. The van der Waals surface area contributed by atoms with Gasteiger partial charge in [0.15, 0.2) is 0 Å². The summed E-state index contributed by atoms with van der Waals surface area (Å²) in [6.45, 7) is 10.0.